The van der Waals surface area contributed by atoms with Gasteiger partial charge in [-0.05, 0) is 41.8 Å². The van der Waals surface area contributed by atoms with Crippen molar-refractivity contribution >= 4 is 5.52 Å². The van der Waals surface area contributed by atoms with Crippen LogP contribution in [0.3, 0.4) is 0 Å². The third-order valence-corrected chi connectivity index (χ3v) is 4.87. The number of rotatable bonds is 4. The summed E-state index contributed by atoms with van der Waals surface area (Å²) in [6.45, 7) is 1.75. The lowest BCUT2D eigenvalue weighted by Crippen LogP contribution is -1.99. The zero-order chi connectivity index (χ0) is 19.7. The van der Waals surface area contributed by atoms with Gasteiger partial charge in [-0.1, -0.05) is 36.4 Å². The maximum absolute atomic E-state index is 9.82. The van der Waals surface area contributed by atoms with Crippen molar-refractivity contribution in [2.45, 2.75) is 13.0 Å². The van der Waals surface area contributed by atoms with Crippen LogP contribution in [0.5, 0.6) is 5.75 Å². The molecule has 5 heteroatoms. The molecule has 0 radical (unpaired) electrons. The Morgan fingerprint density at radius 1 is 1.07 bits per heavy atom. The Bertz CT molecular complexity index is 1170. The number of nitriles is 1. The van der Waals surface area contributed by atoms with Gasteiger partial charge in [0, 0.05) is 5.56 Å². The molecule has 0 saturated heterocycles. The van der Waals surface area contributed by atoms with E-state index in [9.17, 15) is 5.11 Å². The molecule has 1 N–H and O–H groups in total. The highest BCUT2D eigenvalue weighted by molar-refractivity contribution is 5.86. The number of aliphatic hydroxyl groups is 1. The van der Waals surface area contributed by atoms with Crippen molar-refractivity contribution in [1.29, 1.82) is 5.26 Å². The van der Waals surface area contributed by atoms with E-state index in [1.165, 1.54) is 0 Å². The summed E-state index contributed by atoms with van der Waals surface area (Å²) < 4.78 is 7.59. The van der Waals surface area contributed by atoms with E-state index in [1.54, 1.807) is 38.7 Å². The minimum absolute atomic E-state index is 0.517. The monoisotopic (exact) mass is 369 g/mol. The number of imidazole rings is 1. The summed E-state index contributed by atoms with van der Waals surface area (Å²) in [5, 5.41) is 18.9. The lowest BCUT2D eigenvalue weighted by Gasteiger charge is -2.16. The van der Waals surface area contributed by atoms with Crippen LogP contribution in [0, 0.1) is 11.3 Å². The second-order valence-corrected chi connectivity index (χ2v) is 6.61. The molecule has 0 aliphatic rings. The Morgan fingerprint density at radius 2 is 1.75 bits per heavy atom. The molecule has 4 rings (SSSR count). The number of fused-ring (bicyclic) bond motifs is 1. The SMILES string of the molecule is COc1cc(-c2ccc(C#N)cc2)c(-c2ccc(C(C)O)cc2)n2cncc12. The predicted molar refractivity (Wildman–Crippen MR) is 108 cm³/mol. The topological polar surface area (TPSA) is 70.5 Å². The van der Waals surface area contributed by atoms with Gasteiger partial charge in [0.15, 0.2) is 0 Å². The average Bonchev–Trinajstić information content (AvgIpc) is 3.22. The largest absolute Gasteiger partial charge is 0.494 e. The molecule has 28 heavy (non-hydrogen) atoms. The van der Waals surface area contributed by atoms with Crippen LogP contribution in [-0.2, 0) is 0 Å². The van der Waals surface area contributed by atoms with E-state index in [1.807, 2.05) is 46.9 Å². The summed E-state index contributed by atoms with van der Waals surface area (Å²) in [6.07, 6.45) is 3.02. The number of methoxy groups -OCH3 is 1. The second kappa shape index (κ2) is 7.18. The summed E-state index contributed by atoms with van der Waals surface area (Å²) in [4.78, 5) is 4.30. The summed E-state index contributed by atoms with van der Waals surface area (Å²) >= 11 is 0. The quantitative estimate of drug-likeness (QED) is 0.571. The van der Waals surface area contributed by atoms with Crippen molar-refractivity contribution < 1.29 is 9.84 Å². The number of hydrogen-bond acceptors (Lipinski definition) is 4. The van der Waals surface area contributed by atoms with Crippen LogP contribution < -0.4 is 4.74 Å². The highest BCUT2D eigenvalue weighted by Crippen LogP contribution is 2.38. The molecular weight excluding hydrogens is 350 g/mol. The van der Waals surface area contributed by atoms with E-state index in [-0.39, 0.29) is 0 Å². The molecule has 1 atom stereocenters. The Labute approximate surface area is 163 Å². The number of ether oxygens (including phenoxy) is 1. The van der Waals surface area contributed by atoms with Crippen molar-refractivity contribution in [3.05, 3.63) is 78.2 Å². The number of hydrogen-bond donors (Lipinski definition) is 1. The van der Waals surface area contributed by atoms with Gasteiger partial charge in [-0.25, -0.2) is 4.98 Å². The molecule has 138 valence electrons. The summed E-state index contributed by atoms with van der Waals surface area (Å²) in [6, 6.07) is 19.5. The zero-order valence-corrected chi connectivity index (χ0v) is 15.6. The molecule has 4 aromatic rings. The van der Waals surface area contributed by atoms with Gasteiger partial charge in [0.05, 0.1) is 43.1 Å². The molecule has 2 aromatic carbocycles. The molecule has 1 unspecified atom stereocenters. The highest BCUT2D eigenvalue weighted by Gasteiger charge is 2.16. The highest BCUT2D eigenvalue weighted by atomic mass is 16.5. The minimum atomic E-state index is -0.517. The fraction of sp³-hybridized carbons (Fsp3) is 0.130. The van der Waals surface area contributed by atoms with Crippen LogP contribution in [0.2, 0.25) is 0 Å². The second-order valence-electron chi connectivity index (χ2n) is 6.61. The van der Waals surface area contributed by atoms with Crippen LogP contribution in [-0.4, -0.2) is 21.6 Å². The van der Waals surface area contributed by atoms with Gasteiger partial charge < -0.3 is 9.84 Å². The summed E-state index contributed by atoms with van der Waals surface area (Å²) in [5.74, 6) is 0.723. The minimum Gasteiger partial charge on any atom is -0.494 e. The maximum atomic E-state index is 9.82. The van der Waals surface area contributed by atoms with Gasteiger partial charge in [0.1, 0.15) is 11.3 Å². The number of nitrogens with zero attached hydrogens (tertiary/aromatic N) is 3. The first-order valence-electron chi connectivity index (χ1n) is 8.94. The molecule has 5 nitrogen and oxygen atoms in total. The van der Waals surface area contributed by atoms with Crippen molar-refractivity contribution in [3.63, 3.8) is 0 Å². The average molecular weight is 369 g/mol. The fourth-order valence-corrected chi connectivity index (χ4v) is 3.38. The number of benzene rings is 2. The first kappa shape index (κ1) is 17.8. The summed E-state index contributed by atoms with van der Waals surface area (Å²) in [5.41, 5.74) is 6.25. The van der Waals surface area contributed by atoms with Crippen LogP contribution in [0.25, 0.3) is 27.9 Å². The summed E-state index contributed by atoms with van der Waals surface area (Å²) in [7, 11) is 1.64. The van der Waals surface area contributed by atoms with Crippen LogP contribution in [0.4, 0.5) is 0 Å². The molecule has 2 heterocycles. The Kier molecular flexibility index (Phi) is 4.56. The van der Waals surface area contributed by atoms with Gasteiger partial charge in [-0.2, -0.15) is 5.26 Å². The van der Waals surface area contributed by atoms with E-state index in [0.717, 1.165) is 39.2 Å². The molecular formula is C23H19N3O2. The molecule has 0 fully saturated rings. The molecule has 0 aliphatic heterocycles. The van der Waals surface area contributed by atoms with E-state index in [0.29, 0.717) is 5.56 Å². The Balaban J connectivity index is 1.99. The predicted octanol–water partition coefficient (Wildman–Crippen LogP) is 4.60. The van der Waals surface area contributed by atoms with E-state index < -0.39 is 6.10 Å². The lowest BCUT2D eigenvalue weighted by atomic mass is 9.96. The molecule has 0 bridgehead atoms. The zero-order valence-electron chi connectivity index (χ0n) is 15.6. The van der Waals surface area contributed by atoms with Crippen molar-refractivity contribution in [3.8, 4) is 34.2 Å². The molecule has 0 aliphatic carbocycles. The molecule has 0 amide bonds. The Morgan fingerprint density at radius 3 is 2.36 bits per heavy atom. The van der Waals surface area contributed by atoms with Gasteiger partial charge in [0.25, 0.3) is 0 Å². The van der Waals surface area contributed by atoms with Gasteiger partial charge >= 0.3 is 0 Å². The smallest absolute Gasteiger partial charge is 0.145 e. The molecule has 0 spiro atoms. The van der Waals surface area contributed by atoms with Crippen molar-refractivity contribution in [1.82, 2.24) is 9.38 Å². The maximum Gasteiger partial charge on any atom is 0.145 e. The van der Waals surface area contributed by atoms with Crippen LogP contribution in [0.15, 0.2) is 67.1 Å². The Hall–Kier alpha value is -3.62. The van der Waals surface area contributed by atoms with Crippen LogP contribution >= 0.6 is 0 Å². The normalized spacial score (nSPS) is 11.9. The third kappa shape index (κ3) is 3.00. The van der Waals surface area contributed by atoms with Crippen molar-refractivity contribution in [2.75, 3.05) is 7.11 Å². The van der Waals surface area contributed by atoms with Crippen LogP contribution in [0.1, 0.15) is 24.2 Å². The number of pyridine rings is 1. The van der Waals surface area contributed by atoms with Gasteiger partial charge in [0.2, 0.25) is 0 Å². The third-order valence-electron chi connectivity index (χ3n) is 4.87. The van der Waals surface area contributed by atoms with E-state index in [4.69, 9.17) is 10.00 Å². The lowest BCUT2D eigenvalue weighted by molar-refractivity contribution is 0.199. The fourth-order valence-electron chi connectivity index (χ4n) is 3.38. The van der Waals surface area contributed by atoms with E-state index >= 15 is 0 Å². The van der Waals surface area contributed by atoms with Gasteiger partial charge in [-0.3, -0.25) is 4.40 Å². The standard InChI is InChI=1S/C23H19N3O2/c1-15(27)17-7-9-19(10-8-17)23-20(18-5-3-16(12-24)4-6-18)11-22(28-2)21-13-25-14-26(21)23/h3-11,13-15,27H,1-2H3. The van der Waals surface area contributed by atoms with Crippen molar-refractivity contribution in [2.24, 2.45) is 0 Å². The van der Waals surface area contributed by atoms with Gasteiger partial charge in [-0.15, -0.1) is 0 Å². The van der Waals surface area contributed by atoms with E-state index in [2.05, 4.69) is 11.1 Å². The number of aliphatic hydroxyl groups excluding tert-OH is 1. The molecule has 0 saturated carbocycles. The first-order chi connectivity index (χ1) is 13.6. The number of aromatic nitrogens is 2. The molecule has 2 aromatic heterocycles. The first-order valence-corrected chi connectivity index (χ1v) is 8.94.